The van der Waals surface area contributed by atoms with E-state index in [1.165, 1.54) is 45.1 Å². The molecule has 1 saturated carbocycles. The molecule has 21 heavy (non-hydrogen) atoms. The Morgan fingerprint density at radius 1 is 1.19 bits per heavy atom. The first-order valence-corrected chi connectivity index (χ1v) is 9.28. The number of nitrogens with one attached hydrogen (secondary N) is 1. The minimum absolute atomic E-state index is 0.755. The van der Waals surface area contributed by atoms with Crippen molar-refractivity contribution in [3.05, 3.63) is 0 Å². The van der Waals surface area contributed by atoms with Crippen molar-refractivity contribution in [2.45, 2.75) is 66.2 Å². The summed E-state index contributed by atoms with van der Waals surface area (Å²) in [5.41, 5.74) is 0. The van der Waals surface area contributed by atoms with E-state index in [1.54, 1.807) is 0 Å². The van der Waals surface area contributed by atoms with Crippen molar-refractivity contribution in [2.24, 2.45) is 29.6 Å². The maximum Gasteiger partial charge on any atom is 0.0464 e. The monoisotopic (exact) mass is 297 g/mol. The molecule has 0 amide bonds. The van der Waals surface area contributed by atoms with Gasteiger partial charge in [-0.05, 0) is 61.9 Å². The van der Waals surface area contributed by atoms with Crippen LogP contribution in [0.2, 0.25) is 0 Å². The Morgan fingerprint density at radius 3 is 2.57 bits per heavy atom. The molecule has 0 aliphatic heterocycles. The third-order valence-electron chi connectivity index (χ3n) is 5.32. The van der Waals surface area contributed by atoms with E-state index >= 15 is 0 Å². The maximum atomic E-state index is 5.31. The lowest BCUT2D eigenvalue weighted by atomic mass is 9.67. The van der Waals surface area contributed by atoms with E-state index in [4.69, 9.17) is 4.74 Å². The summed E-state index contributed by atoms with van der Waals surface area (Å²) >= 11 is 0. The molecule has 0 aromatic rings. The highest BCUT2D eigenvalue weighted by atomic mass is 16.5. The van der Waals surface area contributed by atoms with Crippen molar-refractivity contribution in [1.82, 2.24) is 5.32 Å². The van der Waals surface area contributed by atoms with Gasteiger partial charge in [0, 0.05) is 13.7 Å². The molecule has 0 bridgehead atoms. The molecule has 2 nitrogen and oxygen atoms in total. The zero-order valence-electron chi connectivity index (χ0n) is 15.2. The molecule has 0 aromatic carbocycles. The van der Waals surface area contributed by atoms with Gasteiger partial charge in [-0.1, -0.05) is 47.0 Å². The molecule has 0 saturated heterocycles. The molecule has 0 aromatic heterocycles. The van der Waals surface area contributed by atoms with Gasteiger partial charge in [0.25, 0.3) is 0 Å². The Balaban J connectivity index is 2.52. The zero-order chi connectivity index (χ0) is 15.7. The third-order valence-corrected chi connectivity index (χ3v) is 5.32. The maximum absolute atomic E-state index is 5.31. The molecular formula is C19H39NO. The second-order valence-electron chi connectivity index (χ2n) is 7.70. The Hall–Kier alpha value is -0.0800. The van der Waals surface area contributed by atoms with Crippen molar-refractivity contribution in [3.63, 3.8) is 0 Å². The minimum Gasteiger partial charge on any atom is -0.385 e. The lowest BCUT2D eigenvalue weighted by Gasteiger charge is -2.40. The van der Waals surface area contributed by atoms with Gasteiger partial charge >= 0.3 is 0 Å². The summed E-state index contributed by atoms with van der Waals surface area (Å²) in [7, 11) is 1.83. The summed E-state index contributed by atoms with van der Waals surface area (Å²) in [6.07, 6.45) is 8.33. The van der Waals surface area contributed by atoms with Gasteiger partial charge in [-0.15, -0.1) is 0 Å². The normalized spacial score (nSPS) is 28.0. The molecule has 0 heterocycles. The highest BCUT2D eigenvalue weighted by Gasteiger charge is 2.33. The Bertz CT molecular complexity index is 254. The molecule has 2 heteroatoms. The van der Waals surface area contributed by atoms with Gasteiger partial charge in [0.2, 0.25) is 0 Å². The molecule has 1 aliphatic rings. The summed E-state index contributed by atoms with van der Waals surface area (Å²) in [6.45, 7) is 12.7. The predicted molar refractivity (Wildman–Crippen MR) is 92.6 cm³/mol. The third kappa shape index (κ3) is 7.15. The summed E-state index contributed by atoms with van der Waals surface area (Å²) < 4.78 is 5.31. The average molecular weight is 298 g/mol. The first kappa shape index (κ1) is 19.0. The number of ether oxygens (including phenoxy) is 1. The Labute approximate surface area is 133 Å². The summed E-state index contributed by atoms with van der Waals surface area (Å²) in [4.78, 5) is 0. The van der Waals surface area contributed by atoms with Crippen LogP contribution in [0.15, 0.2) is 0 Å². The number of methoxy groups -OCH3 is 1. The predicted octanol–water partition coefficient (Wildman–Crippen LogP) is 4.74. The first-order valence-electron chi connectivity index (χ1n) is 9.28. The van der Waals surface area contributed by atoms with Gasteiger partial charge in [0.1, 0.15) is 0 Å². The van der Waals surface area contributed by atoms with Crippen molar-refractivity contribution in [2.75, 3.05) is 26.8 Å². The van der Waals surface area contributed by atoms with E-state index < -0.39 is 0 Å². The van der Waals surface area contributed by atoms with Crippen LogP contribution in [0, 0.1) is 29.6 Å². The van der Waals surface area contributed by atoms with Crippen LogP contribution >= 0.6 is 0 Å². The molecule has 1 fully saturated rings. The highest BCUT2D eigenvalue weighted by molar-refractivity contribution is 4.84. The number of rotatable bonds is 10. The van der Waals surface area contributed by atoms with Crippen LogP contribution in [0.4, 0.5) is 0 Å². The number of hydrogen-bond acceptors (Lipinski definition) is 2. The lowest BCUT2D eigenvalue weighted by Crippen LogP contribution is -2.37. The zero-order valence-corrected chi connectivity index (χ0v) is 15.2. The first-order chi connectivity index (χ1) is 10.1. The SMILES string of the molecule is CCCC1CCC(CNCC(C)C)C(C(C)CCOC)C1. The molecular weight excluding hydrogens is 258 g/mol. The highest BCUT2D eigenvalue weighted by Crippen LogP contribution is 2.40. The molecule has 1 rings (SSSR count). The molecule has 1 N–H and O–H groups in total. The van der Waals surface area contributed by atoms with Gasteiger partial charge in [-0.3, -0.25) is 0 Å². The van der Waals surface area contributed by atoms with Crippen LogP contribution in [-0.4, -0.2) is 26.8 Å². The Kier molecular flexibility index (Phi) is 9.59. The van der Waals surface area contributed by atoms with E-state index in [0.29, 0.717) is 0 Å². The second kappa shape index (κ2) is 10.6. The van der Waals surface area contributed by atoms with E-state index in [0.717, 1.165) is 42.7 Å². The fourth-order valence-corrected chi connectivity index (χ4v) is 4.06. The smallest absolute Gasteiger partial charge is 0.0464 e. The summed E-state index contributed by atoms with van der Waals surface area (Å²) in [5.74, 6) is 4.31. The molecule has 4 atom stereocenters. The molecule has 0 spiro atoms. The van der Waals surface area contributed by atoms with Gasteiger partial charge in [-0.2, -0.15) is 0 Å². The van der Waals surface area contributed by atoms with Crippen molar-refractivity contribution in [1.29, 1.82) is 0 Å². The van der Waals surface area contributed by atoms with Crippen LogP contribution in [0.1, 0.15) is 66.2 Å². The number of hydrogen-bond donors (Lipinski definition) is 1. The molecule has 0 radical (unpaired) electrons. The molecule has 1 aliphatic carbocycles. The second-order valence-corrected chi connectivity index (χ2v) is 7.70. The fraction of sp³-hybridized carbons (Fsp3) is 1.00. The van der Waals surface area contributed by atoms with Gasteiger partial charge in [0.15, 0.2) is 0 Å². The van der Waals surface area contributed by atoms with Gasteiger partial charge in [0.05, 0.1) is 0 Å². The van der Waals surface area contributed by atoms with E-state index in [2.05, 4.69) is 33.0 Å². The van der Waals surface area contributed by atoms with E-state index in [1.807, 2.05) is 7.11 Å². The fourth-order valence-electron chi connectivity index (χ4n) is 4.06. The Morgan fingerprint density at radius 2 is 1.95 bits per heavy atom. The van der Waals surface area contributed by atoms with Crippen molar-refractivity contribution in [3.8, 4) is 0 Å². The molecule has 126 valence electrons. The van der Waals surface area contributed by atoms with Crippen molar-refractivity contribution >= 4 is 0 Å². The van der Waals surface area contributed by atoms with E-state index in [9.17, 15) is 0 Å². The summed E-state index contributed by atoms with van der Waals surface area (Å²) in [5, 5.41) is 3.71. The lowest BCUT2D eigenvalue weighted by molar-refractivity contribution is 0.0937. The van der Waals surface area contributed by atoms with Gasteiger partial charge in [-0.25, -0.2) is 0 Å². The van der Waals surface area contributed by atoms with Gasteiger partial charge < -0.3 is 10.1 Å². The molecule has 4 unspecified atom stereocenters. The summed E-state index contributed by atoms with van der Waals surface area (Å²) in [6, 6.07) is 0. The van der Waals surface area contributed by atoms with Crippen LogP contribution < -0.4 is 5.32 Å². The minimum atomic E-state index is 0.755. The topological polar surface area (TPSA) is 21.3 Å². The van der Waals surface area contributed by atoms with E-state index in [-0.39, 0.29) is 0 Å². The largest absolute Gasteiger partial charge is 0.385 e. The standard InChI is InChI=1S/C19H39NO/c1-6-7-17-8-9-18(14-20-13-15(2)3)19(12-17)16(4)10-11-21-5/h15-20H,6-14H2,1-5H3. The van der Waals surface area contributed by atoms with Crippen LogP contribution in [0.5, 0.6) is 0 Å². The average Bonchev–Trinajstić information content (AvgIpc) is 2.46. The van der Waals surface area contributed by atoms with Crippen LogP contribution in [0.25, 0.3) is 0 Å². The van der Waals surface area contributed by atoms with Crippen LogP contribution in [-0.2, 0) is 4.74 Å². The quantitative estimate of drug-likeness (QED) is 0.629. The van der Waals surface area contributed by atoms with Crippen molar-refractivity contribution < 1.29 is 4.74 Å². The van der Waals surface area contributed by atoms with Crippen LogP contribution in [0.3, 0.4) is 0 Å².